The van der Waals surface area contributed by atoms with Crippen LogP contribution in [0.1, 0.15) is 32.4 Å². The van der Waals surface area contributed by atoms with Crippen LogP contribution in [-0.2, 0) is 14.4 Å². The molecule has 4 rings (SSSR count). The lowest BCUT2D eigenvalue weighted by Crippen LogP contribution is -2.36. The van der Waals surface area contributed by atoms with Crippen LogP contribution in [0.2, 0.25) is 0 Å². The van der Waals surface area contributed by atoms with Gasteiger partial charge in [0.2, 0.25) is 11.7 Å². The second-order valence-electron chi connectivity index (χ2n) is 8.59. The third kappa shape index (κ3) is 3.57. The molecule has 1 saturated heterocycles. The molecule has 1 aliphatic rings. The summed E-state index contributed by atoms with van der Waals surface area (Å²) in [5.41, 5.74) is 1.49. The van der Waals surface area contributed by atoms with Crippen molar-refractivity contribution in [2.24, 2.45) is 11.3 Å². The summed E-state index contributed by atoms with van der Waals surface area (Å²) in [5.74, 6) is -2.77. The first-order valence-corrected chi connectivity index (χ1v) is 10.1. The van der Waals surface area contributed by atoms with E-state index < -0.39 is 29.1 Å². The maximum absolute atomic E-state index is 13.3. The fourth-order valence-electron chi connectivity index (χ4n) is 3.90. The maximum atomic E-state index is 13.3. The van der Waals surface area contributed by atoms with Crippen LogP contribution in [0.5, 0.6) is 5.88 Å². The number of methoxy groups -OCH3 is 1. The first kappa shape index (κ1) is 21.4. The fraction of sp³-hybridized carbons (Fsp3) is 0.292. The van der Waals surface area contributed by atoms with E-state index in [4.69, 9.17) is 9.15 Å². The molecule has 0 aliphatic carbocycles. The van der Waals surface area contributed by atoms with Gasteiger partial charge in [0.1, 0.15) is 5.92 Å². The number of furan rings is 1. The molecule has 8 heteroatoms. The molecule has 4 heterocycles. The zero-order valence-electron chi connectivity index (χ0n) is 18.2. The summed E-state index contributed by atoms with van der Waals surface area (Å²) in [7, 11) is 1.45. The van der Waals surface area contributed by atoms with Crippen LogP contribution in [0, 0.1) is 11.3 Å². The number of hydrogen-bond acceptors (Lipinski definition) is 7. The minimum absolute atomic E-state index is 0.250. The minimum Gasteiger partial charge on any atom is -0.481 e. The van der Waals surface area contributed by atoms with Crippen LogP contribution < -0.4 is 9.64 Å². The molecule has 8 nitrogen and oxygen atoms in total. The van der Waals surface area contributed by atoms with Crippen LogP contribution >= 0.6 is 0 Å². The van der Waals surface area contributed by atoms with E-state index in [2.05, 4.69) is 9.97 Å². The quantitative estimate of drug-likeness (QED) is 0.447. The molecule has 1 fully saturated rings. The van der Waals surface area contributed by atoms with Gasteiger partial charge < -0.3 is 9.15 Å². The first-order chi connectivity index (χ1) is 15.2. The van der Waals surface area contributed by atoms with Crippen molar-refractivity contribution >= 4 is 23.2 Å². The summed E-state index contributed by atoms with van der Waals surface area (Å²) in [6.07, 6.45) is 6.16. The van der Waals surface area contributed by atoms with Gasteiger partial charge in [-0.15, -0.1) is 0 Å². The highest BCUT2D eigenvalue weighted by atomic mass is 16.5. The minimum atomic E-state index is -1.19. The first-order valence-electron chi connectivity index (χ1n) is 10.1. The maximum Gasteiger partial charge on any atom is 0.295 e. The fourth-order valence-corrected chi connectivity index (χ4v) is 3.90. The van der Waals surface area contributed by atoms with E-state index in [1.165, 1.54) is 18.2 Å². The Hall–Kier alpha value is -3.81. The Morgan fingerprint density at radius 2 is 1.91 bits per heavy atom. The Bertz CT molecular complexity index is 1160. The SMILES string of the molecule is COc1ncccc1C1C(C(=O)C(C)(C)C)C(=O)C(=O)N1c1ccc(-c2ccoc2)nc1. The van der Waals surface area contributed by atoms with Gasteiger partial charge in [0, 0.05) is 22.7 Å². The molecule has 0 saturated carbocycles. The molecular formula is C24H23N3O5. The molecule has 164 valence electrons. The van der Waals surface area contributed by atoms with Gasteiger partial charge in [-0.25, -0.2) is 4.98 Å². The summed E-state index contributed by atoms with van der Waals surface area (Å²) >= 11 is 0. The van der Waals surface area contributed by atoms with Crippen LogP contribution in [0.25, 0.3) is 11.3 Å². The van der Waals surface area contributed by atoms with Crippen molar-refractivity contribution in [3.63, 3.8) is 0 Å². The normalized spacial score (nSPS) is 18.8. The molecule has 0 aromatic carbocycles. The number of hydrogen-bond donors (Lipinski definition) is 0. The molecule has 0 N–H and O–H groups in total. The molecule has 2 unspecified atom stereocenters. The Kier molecular flexibility index (Phi) is 5.38. The number of carbonyl (C=O) groups is 3. The van der Waals surface area contributed by atoms with Crippen molar-refractivity contribution in [2.75, 3.05) is 12.0 Å². The van der Waals surface area contributed by atoms with Crippen LogP contribution in [0.4, 0.5) is 5.69 Å². The standard InChI is InChI=1S/C24H23N3O5/c1-24(2,3)21(29)18-19(16-6-5-10-25-22(16)31-4)27(23(30)20(18)28)15-7-8-17(26-12-15)14-9-11-32-13-14/h5-13,18-19H,1-4H3. The monoisotopic (exact) mass is 433 g/mol. The number of amides is 1. The Morgan fingerprint density at radius 1 is 1.12 bits per heavy atom. The third-order valence-corrected chi connectivity index (χ3v) is 5.48. The largest absolute Gasteiger partial charge is 0.481 e. The van der Waals surface area contributed by atoms with Crippen molar-refractivity contribution in [2.45, 2.75) is 26.8 Å². The predicted octanol–water partition coefficient (Wildman–Crippen LogP) is 3.63. The molecule has 32 heavy (non-hydrogen) atoms. The number of ketones is 2. The van der Waals surface area contributed by atoms with Crippen LogP contribution in [0.3, 0.4) is 0 Å². The lowest BCUT2D eigenvalue weighted by Gasteiger charge is -2.30. The van der Waals surface area contributed by atoms with Gasteiger partial charge in [-0.1, -0.05) is 20.8 Å². The molecule has 1 amide bonds. The molecular weight excluding hydrogens is 410 g/mol. The highest BCUT2D eigenvalue weighted by Gasteiger charge is 2.55. The number of pyridine rings is 2. The molecule has 0 bridgehead atoms. The second kappa shape index (κ2) is 8.03. The average Bonchev–Trinajstić information content (AvgIpc) is 3.40. The van der Waals surface area contributed by atoms with Crippen molar-refractivity contribution in [3.8, 4) is 17.1 Å². The summed E-state index contributed by atoms with van der Waals surface area (Å²) in [6, 6.07) is 7.70. The van der Waals surface area contributed by atoms with E-state index in [0.717, 1.165) is 5.56 Å². The van der Waals surface area contributed by atoms with Gasteiger partial charge in [0.15, 0.2) is 5.78 Å². The van der Waals surface area contributed by atoms with E-state index in [9.17, 15) is 14.4 Å². The predicted molar refractivity (Wildman–Crippen MR) is 116 cm³/mol. The summed E-state index contributed by atoms with van der Waals surface area (Å²) < 4.78 is 10.5. The van der Waals surface area contributed by atoms with Gasteiger partial charge in [-0.2, -0.15) is 0 Å². The zero-order valence-corrected chi connectivity index (χ0v) is 18.2. The number of aromatic nitrogens is 2. The molecule has 3 aromatic heterocycles. The van der Waals surface area contributed by atoms with Crippen molar-refractivity contribution in [3.05, 3.63) is 60.8 Å². The van der Waals surface area contributed by atoms with E-state index in [1.807, 2.05) is 0 Å². The molecule has 0 radical (unpaired) electrons. The lowest BCUT2D eigenvalue weighted by molar-refractivity contribution is -0.141. The average molecular weight is 433 g/mol. The molecule has 1 aliphatic heterocycles. The van der Waals surface area contributed by atoms with E-state index in [-0.39, 0.29) is 11.7 Å². The third-order valence-electron chi connectivity index (χ3n) is 5.48. The Balaban J connectivity index is 1.85. The number of rotatable bonds is 5. The topological polar surface area (TPSA) is 103 Å². The van der Waals surface area contributed by atoms with Crippen molar-refractivity contribution in [1.82, 2.24) is 9.97 Å². The zero-order chi connectivity index (χ0) is 23.0. The number of Topliss-reactive ketones (excluding diaryl/α,β-unsaturated/α-hetero) is 2. The number of anilines is 1. The van der Waals surface area contributed by atoms with E-state index in [1.54, 1.807) is 69.8 Å². The van der Waals surface area contributed by atoms with Crippen molar-refractivity contribution < 1.29 is 23.5 Å². The smallest absolute Gasteiger partial charge is 0.295 e. The van der Waals surface area contributed by atoms with Gasteiger partial charge in [-0.3, -0.25) is 24.3 Å². The number of nitrogens with zero attached hydrogens (tertiary/aromatic N) is 3. The van der Waals surface area contributed by atoms with Gasteiger partial charge in [0.25, 0.3) is 5.91 Å². The lowest BCUT2D eigenvalue weighted by atomic mass is 9.78. The van der Waals surface area contributed by atoms with E-state index >= 15 is 0 Å². The molecule has 0 spiro atoms. The Morgan fingerprint density at radius 3 is 2.50 bits per heavy atom. The van der Waals surface area contributed by atoms with Gasteiger partial charge in [0.05, 0.1) is 43.3 Å². The Labute approximate surface area is 185 Å². The second-order valence-corrected chi connectivity index (χ2v) is 8.59. The van der Waals surface area contributed by atoms with Crippen molar-refractivity contribution in [1.29, 1.82) is 0 Å². The van der Waals surface area contributed by atoms with Gasteiger partial charge >= 0.3 is 0 Å². The highest BCUT2D eigenvalue weighted by Crippen LogP contribution is 2.44. The van der Waals surface area contributed by atoms with Crippen LogP contribution in [0.15, 0.2) is 59.7 Å². The van der Waals surface area contributed by atoms with Crippen LogP contribution in [-0.4, -0.2) is 34.6 Å². The molecule has 2 atom stereocenters. The summed E-state index contributed by atoms with van der Waals surface area (Å²) in [4.78, 5) is 49.5. The number of carbonyl (C=O) groups excluding carboxylic acids is 3. The van der Waals surface area contributed by atoms with Gasteiger partial charge in [-0.05, 0) is 30.3 Å². The van der Waals surface area contributed by atoms with E-state index in [0.29, 0.717) is 16.9 Å². The summed E-state index contributed by atoms with van der Waals surface area (Å²) in [5, 5.41) is 0. The summed E-state index contributed by atoms with van der Waals surface area (Å²) in [6.45, 7) is 5.19. The molecule has 3 aromatic rings. The highest BCUT2D eigenvalue weighted by molar-refractivity contribution is 6.48. The number of ether oxygens (including phenoxy) is 1.